The van der Waals surface area contributed by atoms with Gasteiger partial charge in [-0.3, -0.25) is 9.69 Å². The molecule has 0 radical (unpaired) electrons. The minimum absolute atomic E-state index is 0.0171. The van der Waals surface area contributed by atoms with Crippen molar-refractivity contribution in [3.63, 3.8) is 0 Å². The minimum atomic E-state index is -0.243. The summed E-state index contributed by atoms with van der Waals surface area (Å²) in [5, 5.41) is 12.8. The number of benzene rings is 2. The van der Waals surface area contributed by atoms with Crippen LogP contribution in [0.2, 0.25) is 0 Å². The number of amides is 1. The topological polar surface area (TPSA) is 52.6 Å². The SMILES string of the molecule is Cc1ccc(O)c(C(=O)NCc2ccccc2CN2CCCC2)c1. The van der Waals surface area contributed by atoms with E-state index in [4.69, 9.17) is 0 Å². The molecule has 0 spiro atoms. The summed E-state index contributed by atoms with van der Waals surface area (Å²) in [6.07, 6.45) is 2.54. The molecule has 1 aliphatic rings. The van der Waals surface area contributed by atoms with Gasteiger partial charge in [-0.2, -0.15) is 0 Å². The number of aryl methyl sites for hydroxylation is 1. The van der Waals surface area contributed by atoms with Crippen molar-refractivity contribution in [2.45, 2.75) is 32.9 Å². The third kappa shape index (κ3) is 3.95. The average Bonchev–Trinajstić information content (AvgIpc) is 3.09. The molecule has 0 aromatic heterocycles. The van der Waals surface area contributed by atoms with Crippen LogP contribution in [0.5, 0.6) is 5.75 Å². The molecule has 1 amide bonds. The van der Waals surface area contributed by atoms with Gasteiger partial charge in [0.05, 0.1) is 5.56 Å². The molecule has 0 aliphatic carbocycles. The fraction of sp³-hybridized carbons (Fsp3) is 0.350. The molecule has 3 rings (SSSR count). The van der Waals surface area contributed by atoms with Gasteiger partial charge in [0, 0.05) is 13.1 Å². The number of nitrogens with one attached hydrogen (secondary N) is 1. The van der Waals surface area contributed by atoms with E-state index in [0.717, 1.165) is 30.8 Å². The molecular weight excluding hydrogens is 300 g/mol. The molecule has 2 N–H and O–H groups in total. The Bertz CT molecular complexity index is 721. The summed E-state index contributed by atoms with van der Waals surface area (Å²) < 4.78 is 0. The van der Waals surface area contributed by atoms with E-state index in [1.54, 1.807) is 18.2 Å². The van der Waals surface area contributed by atoms with Crippen molar-refractivity contribution in [1.29, 1.82) is 0 Å². The van der Waals surface area contributed by atoms with Gasteiger partial charge < -0.3 is 10.4 Å². The monoisotopic (exact) mass is 324 g/mol. The Labute approximate surface area is 143 Å². The quantitative estimate of drug-likeness (QED) is 0.888. The molecule has 2 aromatic rings. The van der Waals surface area contributed by atoms with E-state index in [9.17, 15) is 9.90 Å². The number of likely N-dealkylation sites (tertiary alicyclic amines) is 1. The Kier molecular flexibility index (Phi) is 5.16. The number of rotatable bonds is 5. The van der Waals surface area contributed by atoms with Crippen LogP contribution in [0, 0.1) is 6.92 Å². The standard InChI is InChI=1S/C20H24N2O2/c1-15-8-9-19(23)18(12-15)20(24)21-13-16-6-2-3-7-17(16)14-22-10-4-5-11-22/h2-3,6-9,12,23H,4-5,10-11,13-14H2,1H3,(H,21,24). The maximum absolute atomic E-state index is 12.4. The zero-order valence-electron chi connectivity index (χ0n) is 14.1. The van der Waals surface area contributed by atoms with E-state index < -0.39 is 0 Å². The molecular formula is C20H24N2O2. The first-order valence-corrected chi connectivity index (χ1v) is 8.50. The molecule has 1 heterocycles. The maximum Gasteiger partial charge on any atom is 0.255 e. The van der Waals surface area contributed by atoms with Crippen LogP contribution in [0.25, 0.3) is 0 Å². The molecule has 1 saturated heterocycles. The lowest BCUT2D eigenvalue weighted by atomic mass is 10.1. The highest BCUT2D eigenvalue weighted by Gasteiger charge is 2.15. The van der Waals surface area contributed by atoms with Gasteiger partial charge in [-0.25, -0.2) is 0 Å². The highest BCUT2D eigenvalue weighted by molar-refractivity contribution is 5.96. The van der Waals surface area contributed by atoms with Crippen molar-refractivity contribution < 1.29 is 9.90 Å². The van der Waals surface area contributed by atoms with E-state index in [1.807, 2.05) is 19.1 Å². The second-order valence-corrected chi connectivity index (χ2v) is 6.46. The number of carbonyl (C=O) groups excluding carboxylic acids is 1. The Morgan fingerprint density at radius 2 is 1.83 bits per heavy atom. The van der Waals surface area contributed by atoms with Crippen molar-refractivity contribution in [1.82, 2.24) is 10.2 Å². The average molecular weight is 324 g/mol. The van der Waals surface area contributed by atoms with E-state index >= 15 is 0 Å². The summed E-state index contributed by atoms with van der Waals surface area (Å²) >= 11 is 0. The van der Waals surface area contributed by atoms with Gasteiger partial charge in [0.25, 0.3) is 5.91 Å². The Hall–Kier alpha value is -2.33. The van der Waals surface area contributed by atoms with Gasteiger partial charge in [0.1, 0.15) is 5.75 Å². The van der Waals surface area contributed by atoms with E-state index in [0.29, 0.717) is 12.1 Å². The number of hydrogen-bond donors (Lipinski definition) is 2. The summed E-state index contributed by atoms with van der Waals surface area (Å²) in [5.41, 5.74) is 3.66. The highest BCUT2D eigenvalue weighted by Crippen LogP contribution is 2.19. The lowest BCUT2D eigenvalue weighted by molar-refractivity contribution is 0.0948. The molecule has 24 heavy (non-hydrogen) atoms. The smallest absolute Gasteiger partial charge is 0.255 e. The lowest BCUT2D eigenvalue weighted by Gasteiger charge is -2.18. The van der Waals surface area contributed by atoms with Crippen LogP contribution in [0.15, 0.2) is 42.5 Å². The minimum Gasteiger partial charge on any atom is -0.507 e. The van der Waals surface area contributed by atoms with Crippen LogP contribution in [0.4, 0.5) is 0 Å². The van der Waals surface area contributed by atoms with Gasteiger partial charge in [-0.1, -0.05) is 35.9 Å². The predicted molar refractivity (Wildman–Crippen MR) is 95.0 cm³/mol. The van der Waals surface area contributed by atoms with E-state index in [2.05, 4.69) is 22.3 Å². The van der Waals surface area contributed by atoms with Crippen LogP contribution in [-0.4, -0.2) is 29.0 Å². The maximum atomic E-state index is 12.4. The van der Waals surface area contributed by atoms with E-state index in [-0.39, 0.29) is 11.7 Å². The number of nitrogens with zero attached hydrogens (tertiary/aromatic N) is 1. The van der Waals surface area contributed by atoms with Crippen molar-refractivity contribution in [3.8, 4) is 5.75 Å². The molecule has 1 fully saturated rings. The second-order valence-electron chi connectivity index (χ2n) is 6.46. The zero-order chi connectivity index (χ0) is 16.9. The van der Waals surface area contributed by atoms with Crippen LogP contribution in [-0.2, 0) is 13.1 Å². The third-order valence-corrected chi connectivity index (χ3v) is 4.55. The van der Waals surface area contributed by atoms with E-state index in [1.165, 1.54) is 18.4 Å². The number of phenolic OH excluding ortho intramolecular Hbond substituents is 1. The van der Waals surface area contributed by atoms with Crippen LogP contribution in [0.1, 0.15) is 39.9 Å². The van der Waals surface area contributed by atoms with Crippen LogP contribution < -0.4 is 5.32 Å². The number of phenols is 1. The summed E-state index contributed by atoms with van der Waals surface area (Å²) in [4.78, 5) is 14.8. The summed E-state index contributed by atoms with van der Waals surface area (Å²) in [7, 11) is 0. The molecule has 0 saturated carbocycles. The molecule has 1 aliphatic heterocycles. The van der Waals surface area contributed by atoms with Gasteiger partial charge in [0.15, 0.2) is 0 Å². The van der Waals surface area contributed by atoms with Gasteiger partial charge in [-0.15, -0.1) is 0 Å². The number of hydrogen-bond acceptors (Lipinski definition) is 3. The predicted octanol–water partition coefficient (Wildman–Crippen LogP) is 3.23. The zero-order valence-corrected chi connectivity index (χ0v) is 14.1. The van der Waals surface area contributed by atoms with Crippen molar-refractivity contribution in [3.05, 3.63) is 64.7 Å². The molecule has 2 aromatic carbocycles. The first-order chi connectivity index (χ1) is 11.6. The highest BCUT2D eigenvalue weighted by atomic mass is 16.3. The largest absolute Gasteiger partial charge is 0.507 e. The Balaban J connectivity index is 1.67. The summed E-state index contributed by atoms with van der Waals surface area (Å²) in [6.45, 7) is 5.61. The van der Waals surface area contributed by atoms with Gasteiger partial charge >= 0.3 is 0 Å². The number of aromatic hydroxyl groups is 1. The van der Waals surface area contributed by atoms with Crippen molar-refractivity contribution in [2.75, 3.05) is 13.1 Å². The van der Waals surface area contributed by atoms with Crippen molar-refractivity contribution >= 4 is 5.91 Å². The Morgan fingerprint density at radius 1 is 1.12 bits per heavy atom. The van der Waals surface area contributed by atoms with Gasteiger partial charge in [0.2, 0.25) is 0 Å². The Morgan fingerprint density at radius 3 is 2.58 bits per heavy atom. The first kappa shape index (κ1) is 16.5. The molecule has 0 unspecified atom stereocenters. The molecule has 4 heteroatoms. The van der Waals surface area contributed by atoms with Crippen molar-refractivity contribution in [2.24, 2.45) is 0 Å². The molecule has 0 atom stereocenters. The van der Waals surface area contributed by atoms with Gasteiger partial charge in [-0.05, 0) is 56.1 Å². The summed E-state index contributed by atoms with van der Waals surface area (Å²) in [6, 6.07) is 13.3. The van der Waals surface area contributed by atoms with Crippen LogP contribution in [0.3, 0.4) is 0 Å². The molecule has 0 bridgehead atoms. The second kappa shape index (κ2) is 7.49. The number of carbonyl (C=O) groups is 1. The fourth-order valence-corrected chi connectivity index (χ4v) is 3.17. The van der Waals surface area contributed by atoms with Crippen LogP contribution >= 0.6 is 0 Å². The summed E-state index contributed by atoms with van der Waals surface area (Å²) in [5.74, 6) is -0.226. The first-order valence-electron chi connectivity index (χ1n) is 8.50. The third-order valence-electron chi connectivity index (χ3n) is 4.55. The lowest BCUT2D eigenvalue weighted by Crippen LogP contribution is -2.25. The molecule has 4 nitrogen and oxygen atoms in total. The normalized spacial score (nSPS) is 14.7. The molecule has 126 valence electrons. The fourth-order valence-electron chi connectivity index (χ4n) is 3.17.